The highest BCUT2D eigenvalue weighted by Gasteiger charge is 2.11. The van der Waals surface area contributed by atoms with E-state index in [4.69, 9.17) is 4.55 Å². The van der Waals surface area contributed by atoms with Crippen molar-refractivity contribution in [2.24, 2.45) is 0 Å². The number of hydrogen-bond donors (Lipinski definition) is 2. The molecule has 0 radical (unpaired) electrons. The maximum absolute atomic E-state index is 10.7. The van der Waals surface area contributed by atoms with Crippen molar-refractivity contribution < 1.29 is 18.1 Å². The van der Waals surface area contributed by atoms with Crippen molar-refractivity contribution in [3.05, 3.63) is 23.8 Å². The van der Waals surface area contributed by atoms with Gasteiger partial charge in [-0.15, -0.1) is 0 Å². The van der Waals surface area contributed by atoms with Crippen LogP contribution in [0.4, 0.5) is 0 Å². The van der Waals surface area contributed by atoms with Crippen molar-refractivity contribution in [1.29, 1.82) is 0 Å². The minimum Gasteiger partial charge on any atom is -0.508 e. The zero-order valence-corrected chi connectivity index (χ0v) is 8.58. The first kappa shape index (κ1) is 11.0. The molecule has 78 valence electrons. The number of hydrogen-bond acceptors (Lipinski definition) is 3. The van der Waals surface area contributed by atoms with Crippen LogP contribution in [0.5, 0.6) is 5.75 Å². The van der Waals surface area contributed by atoms with Gasteiger partial charge in [0.15, 0.2) is 0 Å². The molecule has 1 rings (SSSR count). The summed E-state index contributed by atoms with van der Waals surface area (Å²) in [5.74, 6) is -0.0954. The molecule has 0 saturated carbocycles. The SMILES string of the molecule is CCCc1ccc(S(=O)(=O)O)cc1O. The summed E-state index contributed by atoms with van der Waals surface area (Å²) in [6.07, 6.45) is 1.54. The van der Waals surface area contributed by atoms with Crippen LogP contribution in [0, 0.1) is 0 Å². The van der Waals surface area contributed by atoms with Crippen molar-refractivity contribution in [2.45, 2.75) is 24.7 Å². The molecular formula is C9H12O4S. The largest absolute Gasteiger partial charge is 0.508 e. The lowest BCUT2D eigenvalue weighted by Gasteiger charge is -2.04. The minimum absolute atomic E-state index is 0.0954. The highest BCUT2D eigenvalue weighted by atomic mass is 32.2. The summed E-state index contributed by atoms with van der Waals surface area (Å²) in [5, 5.41) is 9.41. The maximum Gasteiger partial charge on any atom is 0.294 e. The van der Waals surface area contributed by atoms with Gasteiger partial charge < -0.3 is 5.11 Å². The first-order valence-corrected chi connectivity index (χ1v) is 5.68. The Balaban J connectivity index is 3.13. The first-order valence-electron chi connectivity index (χ1n) is 4.24. The molecule has 0 aromatic heterocycles. The highest BCUT2D eigenvalue weighted by Crippen LogP contribution is 2.22. The molecule has 2 N–H and O–H groups in total. The third-order valence-electron chi connectivity index (χ3n) is 1.87. The summed E-state index contributed by atoms with van der Waals surface area (Å²) in [6.45, 7) is 1.95. The molecule has 4 nitrogen and oxygen atoms in total. The number of rotatable bonds is 3. The molecule has 5 heteroatoms. The lowest BCUT2D eigenvalue weighted by Crippen LogP contribution is -1.98. The zero-order chi connectivity index (χ0) is 10.8. The Morgan fingerprint density at radius 3 is 2.43 bits per heavy atom. The van der Waals surface area contributed by atoms with Crippen LogP contribution in [-0.4, -0.2) is 18.1 Å². The molecule has 0 atom stereocenters. The van der Waals surface area contributed by atoms with Gasteiger partial charge in [0, 0.05) is 6.07 Å². The molecule has 14 heavy (non-hydrogen) atoms. The average molecular weight is 216 g/mol. The van der Waals surface area contributed by atoms with E-state index in [1.54, 1.807) is 0 Å². The number of phenolic OH excluding ortho intramolecular Hbond substituents is 1. The fraction of sp³-hybridized carbons (Fsp3) is 0.333. The third-order valence-corrected chi connectivity index (χ3v) is 2.72. The van der Waals surface area contributed by atoms with Gasteiger partial charge in [0.25, 0.3) is 10.1 Å². The standard InChI is InChI=1S/C9H12O4S/c1-2-3-7-4-5-8(6-9(7)10)14(11,12)13/h4-6,10H,2-3H2,1H3,(H,11,12,13). The summed E-state index contributed by atoms with van der Waals surface area (Å²) in [4.78, 5) is -0.283. The Bertz CT molecular complexity index is 422. The summed E-state index contributed by atoms with van der Waals surface area (Å²) < 4.78 is 30.1. The van der Waals surface area contributed by atoms with Gasteiger partial charge >= 0.3 is 0 Å². The second kappa shape index (κ2) is 3.98. The lowest BCUT2D eigenvalue weighted by molar-refractivity contribution is 0.460. The minimum atomic E-state index is -4.22. The van der Waals surface area contributed by atoms with E-state index in [2.05, 4.69) is 0 Å². The lowest BCUT2D eigenvalue weighted by atomic mass is 10.1. The predicted octanol–water partition coefficient (Wildman–Crippen LogP) is 1.59. The molecule has 1 aromatic rings. The average Bonchev–Trinajstić information content (AvgIpc) is 2.07. The Hall–Kier alpha value is -1.07. The number of benzene rings is 1. The summed E-state index contributed by atoms with van der Waals surface area (Å²) in [5.41, 5.74) is 0.680. The fourth-order valence-electron chi connectivity index (χ4n) is 1.18. The van der Waals surface area contributed by atoms with E-state index in [1.165, 1.54) is 12.1 Å². The number of aryl methyl sites for hydroxylation is 1. The van der Waals surface area contributed by atoms with Crippen LogP contribution >= 0.6 is 0 Å². The van der Waals surface area contributed by atoms with E-state index in [-0.39, 0.29) is 10.6 Å². The normalized spacial score (nSPS) is 11.6. The van der Waals surface area contributed by atoms with Gasteiger partial charge in [-0.1, -0.05) is 19.4 Å². The molecule has 0 bridgehead atoms. The molecule has 0 spiro atoms. The van der Waals surface area contributed by atoms with Crippen molar-refractivity contribution in [3.8, 4) is 5.75 Å². The van der Waals surface area contributed by atoms with E-state index in [9.17, 15) is 13.5 Å². The molecule has 0 aliphatic carbocycles. The summed E-state index contributed by atoms with van der Waals surface area (Å²) in [6, 6.07) is 3.84. The van der Waals surface area contributed by atoms with Crippen LogP contribution in [0.15, 0.2) is 23.1 Å². The fourth-order valence-corrected chi connectivity index (χ4v) is 1.69. The zero-order valence-electron chi connectivity index (χ0n) is 7.77. The van der Waals surface area contributed by atoms with E-state index in [1.807, 2.05) is 6.92 Å². The Kier molecular flexibility index (Phi) is 3.13. The Labute approximate surface area is 82.9 Å². The maximum atomic E-state index is 10.7. The molecule has 0 aliphatic rings. The molecule has 0 fully saturated rings. The van der Waals surface area contributed by atoms with Gasteiger partial charge in [-0.25, -0.2) is 0 Å². The smallest absolute Gasteiger partial charge is 0.294 e. The van der Waals surface area contributed by atoms with Gasteiger partial charge in [0.1, 0.15) is 5.75 Å². The van der Waals surface area contributed by atoms with Gasteiger partial charge in [-0.2, -0.15) is 8.42 Å². The van der Waals surface area contributed by atoms with Crippen molar-refractivity contribution >= 4 is 10.1 Å². The Morgan fingerprint density at radius 2 is 2.00 bits per heavy atom. The number of phenols is 1. The molecule has 0 unspecified atom stereocenters. The van der Waals surface area contributed by atoms with E-state index < -0.39 is 10.1 Å². The Morgan fingerprint density at radius 1 is 1.36 bits per heavy atom. The third kappa shape index (κ3) is 2.46. The second-order valence-corrected chi connectivity index (χ2v) is 4.44. The summed E-state index contributed by atoms with van der Waals surface area (Å²) in [7, 11) is -4.22. The molecule has 0 saturated heterocycles. The van der Waals surface area contributed by atoms with Crippen LogP contribution in [-0.2, 0) is 16.5 Å². The van der Waals surface area contributed by atoms with Crippen molar-refractivity contribution in [1.82, 2.24) is 0 Å². The molecule has 0 heterocycles. The van der Waals surface area contributed by atoms with Gasteiger partial charge in [0.2, 0.25) is 0 Å². The van der Waals surface area contributed by atoms with Crippen molar-refractivity contribution in [2.75, 3.05) is 0 Å². The van der Waals surface area contributed by atoms with Gasteiger partial charge in [-0.05, 0) is 18.1 Å². The van der Waals surface area contributed by atoms with E-state index >= 15 is 0 Å². The molecule has 0 amide bonds. The topological polar surface area (TPSA) is 74.6 Å². The predicted molar refractivity (Wildman–Crippen MR) is 51.9 cm³/mol. The van der Waals surface area contributed by atoms with Crippen LogP contribution in [0.2, 0.25) is 0 Å². The van der Waals surface area contributed by atoms with Crippen LogP contribution in [0.25, 0.3) is 0 Å². The van der Waals surface area contributed by atoms with Crippen molar-refractivity contribution in [3.63, 3.8) is 0 Å². The monoisotopic (exact) mass is 216 g/mol. The van der Waals surface area contributed by atoms with Gasteiger partial charge in [-0.3, -0.25) is 4.55 Å². The quantitative estimate of drug-likeness (QED) is 0.752. The molecule has 1 aromatic carbocycles. The number of aromatic hydroxyl groups is 1. The molecule has 0 aliphatic heterocycles. The highest BCUT2D eigenvalue weighted by molar-refractivity contribution is 7.85. The second-order valence-electron chi connectivity index (χ2n) is 3.02. The van der Waals surface area contributed by atoms with Crippen LogP contribution < -0.4 is 0 Å². The van der Waals surface area contributed by atoms with Crippen LogP contribution in [0.3, 0.4) is 0 Å². The van der Waals surface area contributed by atoms with Crippen LogP contribution in [0.1, 0.15) is 18.9 Å². The van der Waals surface area contributed by atoms with E-state index in [0.717, 1.165) is 12.5 Å². The van der Waals surface area contributed by atoms with Gasteiger partial charge in [0.05, 0.1) is 4.90 Å². The summed E-state index contributed by atoms with van der Waals surface area (Å²) >= 11 is 0. The molecular weight excluding hydrogens is 204 g/mol. The van der Waals surface area contributed by atoms with E-state index in [0.29, 0.717) is 12.0 Å². The first-order chi connectivity index (χ1) is 6.45.